The van der Waals surface area contributed by atoms with Gasteiger partial charge in [0.1, 0.15) is 12.1 Å². The predicted molar refractivity (Wildman–Crippen MR) is 95.4 cm³/mol. The number of rotatable bonds is 12. The second-order valence-corrected chi connectivity index (χ2v) is 7.00. The average Bonchev–Trinajstić information content (AvgIpc) is 2.97. The van der Waals surface area contributed by atoms with Crippen LogP contribution in [-0.4, -0.2) is 43.8 Å². The molecule has 3 N–H and O–H groups in total. The van der Waals surface area contributed by atoms with Crippen molar-refractivity contribution in [1.82, 2.24) is 14.9 Å². The quantitative estimate of drug-likeness (QED) is 0.533. The molecular weight excluding hydrogens is 322 g/mol. The Morgan fingerprint density at radius 2 is 1.76 bits per heavy atom. The molecule has 2 atom stereocenters. The van der Waals surface area contributed by atoms with Crippen LogP contribution in [-0.2, 0) is 22.6 Å². The topological polar surface area (TPSA) is 104 Å². The summed E-state index contributed by atoms with van der Waals surface area (Å²) in [6, 6.07) is -1.84. The Kier molecular flexibility index (Phi) is 8.61. The highest BCUT2D eigenvalue weighted by atomic mass is 16.4. The van der Waals surface area contributed by atoms with Gasteiger partial charge >= 0.3 is 11.9 Å². The molecule has 7 heteroatoms. The van der Waals surface area contributed by atoms with Gasteiger partial charge in [0.15, 0.2) is 0 Å². The first-order valence-corrected chi connectivity index (χ1v) is 8.99. The molecule has 0 spiro atoms. The van der Waals surface area contributed by atoms with Gasteiger partial charge in [-0.15, -0.1) is 0 Å². The Hall–Kier alpha value is -1.89. The highest BCUT2D eigenvalue weighted by Crippen LogP contribution is 2.14. The van der Waals surface area contributed by atoms with E-state index in [9.17, 15) is 19.8 Å². The summed E-state index contributed by atoms with van der Waals surface area (Å²) in [7, 11) is 0. The van der Waals surface area contributed by atoms with Crippen LogP contribution in [0.25, 0.3) is 0 Å². The fourth-order valence-corrected chi connectivity index (χ4v) is 2.89. The van der Waals surface area contributed by atoms with Crippen molar-refractivity contribution in [3.05, 3.63) is 18.2 Å². The summed E-state index contributed by atoms with van der Waals surface area (Å²) in [6.45, 7) is 8.89. The van der Waals surface area contributed by atoms with Gasteiger partial charge in [-0.1, -0.05) is 40.5 Å². The maximum Gasteiger partial charge on any atom is 0.321 e. The number of carbonyl (C=O) groups is 2. The standard InChI is InChI=1S/C18H31N3O4/c1-5-13(6-2)10-21-11-19-9-14(21)8-16(18(24)25)20-15(17(22)23)7-12(3)4/h9,11-13,15-16,20H,5-8,10H2,1-4H3,(H,22,23)(H,24,25)/t15?,16-/m0/s1. The SMILES string of the molecule is CCC(CC)Cn1cncc1C[C@H](NC(CC(C)C)C(=O)O)C(=O)O. The minimum atomic E-state index is -1.05. The van der Waals surface area contributed by atoms with Crippen LogP contribution in [0.3, 0.4) is 0 Å². The van der Waals surface area contributed by atoms with E-state index in [-0.39, 0.29) is 12.3 Å². The van der Waals surface area contributed by atoms with E-state index in [2.05, 4.69) is 24.1 Å². The minimum Gasteiger partial charge on any atom is -0.480 e. The molecule has 1 aromatic rings. The van der Waals surface area contributed by atoms with Gasteiger partial charge in [0.2, 0.25) is 0 Å². The Morgan fingerprint density at radius 1 is 1.16 bits per heavy atom. The summed E-state index contributed by atoms with van der Waals surface area (Å²) in [5, 5.41) is 21.7. The number of carboxylic acids is 2. The minimum absolute atomic E-state index is 0.156. The maximum absolute atomic E-state index is 11.6. The summed E-state index contributed by atoms with van der Waals surface area (Å²) in [4.78, 5) is 27.2. The number of hydrogen-bond acceptors (Lipinski definition) is 4. The van der Waals surface area contributed by atoms with E-state index >= 15 is 0 Å². The van der Waals surface area contributed by atoms with Crippen molar-refractivity contribution < 1.29 is 19.8 Å². The molecule has 1 aromatic heterocycles. The van der Waals surface area contributed by atoms with Gasteiger partial charge in [0.05, 0.1) is 6.33 Å². The van der Waals surface area contributed by atoms with Gasteiger partial charge in [0, 0.05) is 24.9 Å². The van der Waals surface area contributed by atoms with Gasteiger partial charge in [-0.3, -0.25) is 14.9 Å². The van der Waals surface area contributed by atoms with Crippen LogP contribution in [0, 0.1) is 11.8 Å². The van der Waals surface area contributed by atoms with Gasteiger partial charge in [0.25, 0.3) is 0 Å². The number of hydrogen-bond donors (Lipinski definition) is 3. The molecule has 142 valence electrons. The van der Waals surface area contributed by atoms with E-state index in [0.717, 1.165) is 25.1 Å². The first-order chi connectivity index (χ1) is 11.8. The molecule has 25 heavy (non-hydrogen) atoms. The first-order valence-electron chi connectivity index (χ1n) is 8.99. The van der Waals surface area contributed by atoms with E-state index < -0.39 is 24.0 Å². The predicted octanol–water partition coefficient (Wildman–Crippen LogP) is 2.40. The fraction of sp³-hybridized carbons (Fsp3) is 0.722. The van der Waals surface area contributed by atoms with Crippen molar-refractivity contribution in [2.24, 2.45) is 11.8 Å². The molecule has 0 saturated heterocycles. The van der Waals surface area contributed by atoms with Crippen LogP contribution in [0.2, 0.25) is 0 Å². The number of nitrogens with one attached hydrogen (secondary N) is 1. The van der Waals surface area contributed by atoms with Crippen molar-refractivity contribution in [1.29, 1.82) is 0 Å². The molecule has 0 saturated carbocycles. The Morgan fingerprint density at radius 3 is 2.24 bits per heavy atom. The van der Waals surface area contributed by atoms with E-state index in [1.54, 1.807) is 12.5 Å². The van der Waals surface area contributed by atoms with Crippen molar-refractivity contribution in [3.8, 4) is 0 Å². The molecule has 1 rings (SSSR count). The number of imidazole rings is 1. The highest BCUT2D eigenvalue weighted by Gasteiger charge is 2.27. The molecule has 0 amide bonds. The number of carboxylic acid groups (broad SMARTS) is 2. The van der Waals surface area contributed by atoms with Crippen LogP contribution in [0.15, 0.2) is 12.5 Å². The van der Waals surface area contributed by atoms with Crippen LogP contribution in [0.4, 0.5) is 0 Å². The zero-order chi connectivity index (χ0) is 19.0. The Balaban J connectivity index is 2.87. The lowest BCUT2D eigenvalue weighted by molar-refractivity contribution is -0.142. The zero-order valence-electron chi connectivity index (χ0n) is 15.6. The summed E-state index contributed by atoms with van der Waals surface area (Å²) in [6.07, 6.45) is 6.06. The molecule has 1 unspecified atom stereocenters. The monoisotopic (exact) mass is 353 g/mol. The maximum atomic E-state index is 11.6. The lowest BCUT2D eigenvalue weighted by Crippen LogP contribution is -2.49. The molecule has 0 aliphatic rings. The van der Waals surface area contributed by atoms with Crippen LogP contribution in [0.1, 0.15) is 52.7 Å². The molecule has 0 aromatic carbocycles. The van der Waals surface area contributed by atoms with Gasteiger partial charge in [-0.05, 0) is 18.3 Å². The number of aliphatic carboxylic acids is 2. The first kappa shape index (κ1) is 21.2. The van der Waals surface area contributed by atoms with Crippen molar-refractivity contribution in [2.75, 3.05) is 0 Å². The van der Waals surface area contributed by atoms with Crippen LogP contribution in [0.5, 0.6) is 0 Å². The number of nitrogens with zero attached hydrogens (tertiary/aromatic N) is 2. The van der Waals surface area contributed by atoms with Crippen molar-refractivity contribution >= 4 is 11.9 Å². The van der Waals surface area contributed by atoms with Gasteiger partial charge in [-0.25, -0.2) is 4.98 Å². The second-order valence-electron chi connectivity index (χ2n) is 7.00. The van der Waals surface area contributed by atoms with E-state index in [1.165, 1.54) is 0 Å². The third-order valence-corrected chi connectivity index (χ3v) is 4.53. The lowest BCUT2D eigenvalue weighted by Gasteiger charge is -2.22. The number of aromatic nitrogens is 2. The Labute approximate surface area is 149 Å². The van der Waals surface area contributed by atoms with Gasteiger partial charge in [-0.2, -0.15) is 0 Å². The molecule has 0 aliphatic heterocycles. The summed E-state index contributed by atoms with van der Waals surface area (Å²) in [5.41, 5.74) is 0.806. The largest absolute Gasteiger partial charge is 0.480 e. The van der Waals surface area contributed by atoms with Gasteiger partial charge < -0.3 is 14.8 Å². The molecule has 1 heterocycles. The van der Waals surface area contributed by atoms with Crippen LogP contribution >= 0.6 is 0 Å². The summed E-state index contributed by atoms with van der Waals surface area (Å²) in [5.74, 6) is -1.41. The normalized spacial score (nSPS) is 14.0. The molecule has 7 nitrogen and oxygen atoms in total. The van der Waals surface area contributed by atoms with Crippen molar-refractivity contribution in [3.63, 3.8) is 0 Å². The van der Waals surface area contributed by atoms with E-state index in [4.69, 9.17) is 0 Å². The third-order valence-electron chi connectivity index (χ3n) is 4.53. The molecular formula is C18H31N3O4. The van der Waals surface area contributed by atoms with E-state index in [0.29, 0.717) is 12.3 Å². The lowest BCUT2D eigenvalue weighted by atomic mass is 10.0. The highest BCUT2D eigenvalue weighted by molar-refractivity contribution is 5.77. The fourth-order valence-electron chi connectivity index (χ4n) is 2.89. The zero-order valence-corrected chi connectivity index (χ0v) is 15.6. The smallest absolute Gasteiger partial charge is 0.321 e. The second kappa shape index (κ2) is 10.2. The van der Waals surface area contributed by atoms with Crippen molar-refractivity contribution in [2.45, 2.75) is 72.0 Å². The summed E-state index contributed by atoms with van der Waals surface area (Å²) < 4.78 is 1.98. The summed E-state index contributed by atoms with van der Waals surface area (Å²) >= 11 is 0. The molecule has 0 radical (unpaired) electrons. The van der Waals surface area contributed by atoms with Crippen LogP contribution < -0.4 is 5.32 Å². The third kappa shape index (κ3) is 6.86. The Bertz CT molecular complexity index is 552. The molecule has 0 aliphatic carbocycles. The molecule has 0 fully saturated rings. The van der Waals surface area contributed by atoms with E-state index in [1.807, 2.05) is 18.4 Å². The molecule has 0 bridgehead atoms. The average molecular weight is 353 g/mol.